The van der Waals surface area contributed by atoms with Gasteiger partial charge in [-0.1, -0.05) is 52.3 Å². The molecule has 9 nitrogen and oxygen atoms in total. The Balaban J connectivity index is 1.99. The Morgan fingerprint density at radius 1 is 0.651 bits per heavy atom. The number of fused-ring (bicyclic) bond motifs is 3. The molecule has 5 rings (SSSR count). The molecule has 0 aliphatic heterocycles. The Bertz CT molecular complexity index is 1680. The van der Waals surface area contributed by atoms with Gasteiger partial charge in [-0.2, -0.15) is 0 Å². The quantitative estimate of drug-likeness (QED) is 0.177. The molecule has 1 aliphatic carbocycles. The Labute approximate surface area is 258 Å². The standard InChI is InChI=1S/C32H29BrO9Si/c1-38-30(36)24-14-18(6-12-28(24)34)32(19-7-13-29(35)25(15-19)31(37)39-2)26-16-20(33)8-10-22(26)23-11-9-21(17-27(23)32)43(40-3,41-4)42-5/h6-17,34-35H,1-5H3. The van der Waals surface area contributed by atoms with E-state index in [-0.39, 0.29) is 22.6 Å². The fourth-order valence-corrected chi connectivity index (χ4v) is 8.14. The van der Waals surface area contributed by atoms with Crippen molar-refractivity contribution in [2.75, 3.05) is 35.5 Å². The molecule has 0 spiro atoms. The zero-order chi connectivity index (χ0) is 31.1. The van der Waals surface area contributed by atoms with Crippen LogP contribution >= 0.6 is 15.9 Å². The molecule has 222 valence electrons. The van der Waals surface area contributed by atoms with Crippen LogP contribution in [0.5, 0.6) is 11.5 Å². The molecule has 0 saturated carbocycles. The third-order valence-corrected chi connectivity index (χ3v) is 11.1. The van der Waals surface area contributed by atoms with E-state index in [4.69, 9.17) is 22.8 Å². The largest absolute Gasteiger partial charge is 0.536 e. The summed E-state index contributed by atoms with van der Waals surface area (Å²) in [4.78, 5) is 25.6. The van der Waals surface area contributed by atoms with Crippen molar-refractivity contribution in [1.82, 2.24) is 0 Å². The molecular weight excluding hydrogens is 636 g/mol. The molecule has 2 N–H and O–H groups in total. The molecule has 0 aromatic heterocycles. The van der Waals surface area contributed by atoms with Gasteiger partial charge in [0.1, 0.15) is 22.6 Å². The SMILES string of the molecule is COC(=O)c1cc(C2(c3ccc(O)c(C(=O)OC)c3)c3cc(Br)ccc3-c3ccc([Si](OC)(OC)OC)cc32)ccc1O. The van der Waals surface area contributed by atoms with E-state index in [0.29, 0.717) is 16.3 Å². The second-order valence-corrected chi connectivity index (χ2v) is 13.6. The first-order valence-electron chi connectivity index (χ1n) is 13.1. The van der Waals surface area contributed by atoms with Gasteiger partial charge in [-0.05, 0) is 69.8 Å². The lowest BCUT2D eigenvalue weighted by Gasteiger charge is -2.35. The van der Waals surface area contributed by atoms with Crippen molar-refractivity contribution in [3.05, 3.63) is 111 Å². The van der Waals surface area contributed by atoms with E-state index < -0.39 is 26.2 Å². The second-order valence-electron chi connectivity index (χ2n) is 9.82. The molecule has 4 aromatic rings. The van der Waals surface area contributed by atoms with Crippen LogP contribution in [0.1, 0.15) is 43.0 Å². The van der Waals surface area contributed by atoms with Crippen molar-refractivity contribution in [3.63, 3.8) is 0 Å². The first-order valence-corrected chi connectivity index (χ1v) is 15.6. The van der Waals surface area contributed by atoms with Crippen LogP contribution < -0.4 is 5.19 Å². The number of phenols is 2. The van der Waals surface area contributed by atoms with Gasteiger partial charge in [-0.3, -0.25) is 0 Å². The van der Waals surface area contributed by atoms with Gasteiger partial charge in [0.2, 0.25) is 0 Å². The summed E-state index contributed by atoms with van der Waals surface area (Å²) in [5.74, 6) is -1.95. The minimum atomic E-state index is -3.34. The van der Waals surface area contributed by atoms with Crippen LogP contribution in [-0.2, 0) is 28.2 Å². The summed E-state index contributed by atoms with van der Waals surface area (Å²) in [6.07, 6.45) is 0. The first-order chi connectivity index (χ1) is 20.6. The zero-order valence-corrected chi connectivity index (χ0v) is 26.6. The number of carbonyl (C=O) groups is 2. The van der Waals surface area contributed by atoms with Crippen molar-refractivity contribution < 1.29 is 42.6 Å². The number of benzene rings is 4. The molecule has 0 fully saturated rings. The normalized spacial score (nSPS) is 13.3. The Kier molecular flexibility index (Phi) is 8.21. The number of carbonyl (C=O) groups excluding carboxylic acids is 2. The molecule has 0 unspecified atom stereocenters. The Hall–Kier alpha value is -4.00. The molecule has 0 radical (unpaired) electrons. The number of hydrogen-bond donors (Lipinski definition) is 2. The van der Waals surface area contributed by atoms with Crippen LogP contribution in [0, 0.1) is 0 Å². The number of methoxy groups -OCH3 is 2. The van der Waals surface area contributed by atoms with Crippen LogP contribution in [0.3, 0.4) is 0 Å². The fraction of sp³-hybridized carbons (Fsp3) is 0.188. The van der Waals surface area contributed by atoms with E-state index in [0.717, 1.165) is 26.7 Å². The molecular formula is C32H29BrO9Si. The van der Waals surface area contributed by atoms with Crippen molar-refractivity contribution in [3.8, 4) is 22.6 Å². The monoisotopic (exact) mass is 664 g/mol. The van der Waals surface area contributed by atoms with E-state index in [1.807, 2.05) is 36.4 Å². The maximum Gasteiger partial charge on any atom is 0.536 e. The van der Waals surface area contributed by atoms with Crippen LogP contribution in [0.4, 0.5) is 0 Å². The number of hydrogen-bond acceptors (Lipinski definition) is 9. The van der Waals surface area contributed by atoms with Gasteiger partial charge in [0, 0.05) is 31.0 Å². The van der Waals surface area contributed by atoms with Gasteiger partial charge in [0.05, 0.1) is 19.6 Å². The molecule has 0 atom stereocenters. The third-order valence-electron chi connectivity index (χ3n) is 7.93. The summed E-state index contributed by atoms with van der Waals surface area (Å²) in [7, 11) is 3.71. The van der Waals surface area contributed by atoms with Crippen LogP contribution in [0.15, 0.2) is 77.3 Å². The van der Waals surface area contributed by atoms with Gasteiger partial charge in [0.15, 0.2) is 0 Å². The highest BCUT2D eigenvalue weighted by atomic mass is 79.9. The molecule has 11 heteroatoms. The third kappa shape index (κ3) is 4.64. The number of phenolic OH excluding ortho intramolecular Hbond substituents is 2. The van der Waals surface area contributed by atoms with Crippen LogP contribution in [0.25, 0.3) is 11.1 Å². The molecule has 0 heterocycles. The first kappa shape index (κ1) is 30.5. The Morgan fingerprint density at radius 3 is 1.58 bits per heavy atom. The maximum atomic E-state index is 12.8. The molecule has 0 bridgehead atoms. The highest BCUT2D eigenvalue weighted by molar-refractivity contribution is 9.10. The summed E-state index contributed by atoms with van der Waals surface area (Å²) < 4.78 is 28.2. The van der Waals surface area contributed by atoms with Gasteiger partial charge >= 0.3 is 20.7 Å². The summed E-state index contributed by atoms with van der Waals surface area (Å²) in [6, 6.07) is 21.1. The van der Waals surface area contributed by atoms with E-state index in [9.17, 15) is 19.8 Å². The molecule has 0 amide bonds. The fourth-order valence-electron chi connectivity index (χ4n) is 5.96. The number of rotatable bonds is 8. The minimum Gasteiger partial charge on any atom is -0.507 e. The molecule has 0 saturated heterocycles. The van der Waals surface area contributed by atoms with E-state index in [1.165, 1.54) is 47.7 Å². The average molecular weight is 666 g/mol. The lowest BCUT2D eigenvalue weighted by atomic mass is 9.67. The topological polar surface area (TPSA) is 121 Å². The number of aromatic hydroxyl groups is 2. The lowest BCUT2D eigenvalue weighted by Crippen LogP contribution is -2.55. The molecule has 43 heavy (non-hydrogen) atoms. The van der Waals surface area contributed by atoms with Gasteiger partial charge < -0.3 is 33.0 Å². The zero-order valence-electron chi connectivity index (χ0n) is 24.1. The van der Waals surface area contributed by atoms with E-state index >= 15 is 0 Å². The highest BCUT2D eigenvalue weighted by Gasteiger charge is 2.49. The maximum absolute atomic E-state index is 12.8. The van der Waals surface area contributed by atoms with Crippen LogP contribution in [0.2, 0.25) is 0 Å². The predicted octanol–water partition coefficient (Wildman–Crippen LogP) is 4.88. The van der Waals surface area contributed by atoms with E-state index in [1.54, 1.807) is 24.3 Å². The van der Waals surface area contributed by atoms with Gasteiger partial charge in [-0.15, -0.1) is 0 Å². The average Bonchev–Trinajstić information content (AvgIpc) is 3.31. The molecule has 1 aliphatic rings. The van der Waals surface area contributed by atoms with Crippen molar-refractivity contribution in [2.45, 2.75) is 5.41 Å². The summed E-state index contributed by atoms with van der Waals surface area (Å²) in [6.45, 7) is 0. The van der Waals surface area contributed by atoms with Crippen molar-refractivity contribution in [1.29, 1.82) is 0 Å². The smallest absolute Gasteiger partial charge is 0.507 e. The number of ether oxygens (including phenoxy) is 2. The van der Waals surface area contributed by atoms with Crippen molar-refractivity contribution >= 4 is 41.9 Å². The summed E-state index contributed by atoms with van der Waals surface area (Å²) in [5, 5.41) is 22.0. The van der Waals surface area contributed by atoms with Gasteiger partial charge in [-0.25, -0.2) is 9.59 Å². The van der Waals surface area contributed by atoms with Crippen LogP contribution in [-0.4, -0.2) is 66.5 Å². The number of halogens is 1. The van der Waals surface area contributed by atoms with Gasteiger partial charge in [0.25, 0.3) is 0 Å². The summed E-state index contributed by atoms with van der Waals surface area (Å²) >= 11 is 3.63. The molecule has 4 aromatic carbocycles. The minimum absolute atomic E-state index is 0.0399. The highest BCUT2D eigenvalue weighted by Crippen LogP contribution is 2.57. The summed E-state index contributed by atoms with van der Waals surface area (Å²) in [5.41, 5.74) is 3.25. The second kappa shape index (κ2) is 11.6. The van der Waals surface area contributed by atoms with Crippen molar-refractivity contribution in [2.24, 2.45) is 0 Å². The van der Waals surface area contributed by atoms with E-state index in [2.05, 4.69) is 15.9 Å². The predicted molar refractivity (Wildman–Crippen MR) is 164 cm³/mol. The Morgan fingerprint density at radius 2 is 1.12 bits per heavy atom. The number of esters is 2. The lowest BCUT2D eigenvalue weighted by molar-refractivity contribution is 0.0588.